The predicted octanol–water partition coefficient (Wildman–Crippen LogP) is 9.06. The zero-order valence-corrected chi connectivity index (χ0v) is 47.8. The Morgan fingerprint density at radius 2 is 1.58 bits per heavy atom. The molecule has 0 saturated carbocycles. The van der Waals surface area contributed by atoms with Gasteiger partial charge in [-0.1, -0.05) is 93.7 Å². The van der Waals surface area contributed by atoms with Gasteiger partial charge >= 0.3 is 0 Å². The second-order valence-corrected chi connectivity index (χ2v) is 23.9. The van der Waals surface area contributed by atoms with Gasteiger partial charge in [0.15, 0.2) is 5.82 Å². The highest BCUT2D eigenvalue weighted by Gasteiger charge is 2.44. The van der Waals surface area contributed by atoms with E-state index in [9.17, 15) is 29.1 Å². The van der Waals surface area contributed by atoms with Crippen LogP contribution < -0.4 is 42.4 Å². The van der Waals surface area contributed by atoms with Gasteiger partial charge in [-0.2, -0.15) is 0 Å². The Morgan fingerprint density at radius 1 is 0.897 bits per heavy atom. The molecule has 2 fully saturated rings. The summed E-state index contributed by atoms with van der Waals surface area (Å²) >= 11 is 9.53. The zero-order valence-electron chi connectivity index (χ0n) is 45.4. The lowest BCUT2D eigenvalue weighted by atomic mass is 9.85. The zero-order chi connectivity index (χ0) is 56.1. The van der Waals surface area contributed by atoms with Crippen LogP contribution in [0.4, 0.5) is 23.0 Å². The topological polar surface area (TPSA) is 260 Å². The molecule has 4 heterocycles. The smallest absolute Gasteiger partial charge is 0.246 e. The molecule has 4 unspecified atom stereocenters. The molecular formula is C57H74ClN11O7S2. The van der Waals surface area contributed by atoms with E-state index in [0.29, 0.717) is 50.9 Å². The number of β-amino-alcohol motifs (C(OH)–C–C–N with tert-alkyl or cyclic N) is 1. The van der Waals surface area contributed by atoms with Crippen molar-refractivity contribution in [1.29, 1.82) is 0 Å². The fourth-order valence-corrected chi connectivity index (χ4v) is 11.2. The van der Waals surface area contributed by atoms with Crippen molar-refractivity contribution in [2.24, 2.45) is 11.1 Å². The van der Waals surface area contributed by atoms with Gasteiger partial charge in [-0.3, -0.25) is 24.0 Å². The largest absolute Gasteiger partial charge is 0.494 e. The molecular weight excluding hydrogens is 1050 g/mol. The molecule has 0 spiro atoms. The van der Waals surface area contributed by atoms with Gasteiger partial charge in [-0.25, -0.2) is 15.0 Å². The maximum Gasteiger partial charge on any atom is 0.246 e. The second kappa shape index (κ2) is 27.0. The molecule has 2 aliphatic heterocycles. The standard InChI is InChI=1S/C57H74ClN11O7S2/c1-35(37-16-18-38(19-17-37)50-36(2)62-34-77-50)63-53(74)43-31-40(70)33-69(43)55(75)51(56(3,4)5)67-46(71)15-10-8-7-9-11-30-76-41-22-20-39(21-23-41)64-47(72)24-25-48(73)65-42-13-12-14-44(49(42)58)78-54-52(59)66-45(32-61-54)68-28-26-57(6,60)27-29-68/h12-14,16-23,32,34-35,40,43,51,70H,7-11,15,24-31,33,60H2,1-6H3,(H2,59,66)(H,63,74)(H,64,72)(H,65,73)(H,67,71). The number of nitrogen functional groups attached to an aromatic ring is 1. The van der Waals surface area contributed by atoms with Crippen LogP contribution in [0.1, 0.15) is 123 Å². The number of ether oxygens (including phenoxy) is 1. The summed E-state index contributed by atoms with van der Waals surface area (Å²) in [5.41, 5.74) is 17.5. The van der Waals surface area contributed by atoms with Crippen LogP contribution in [-0.2, 0) is 24.0 Å². The van der Waals surface area contributed by atoms with E-state index in [4.69, 9.17) is 27.8 Å². The Morgan fingerprint density at radius 3 is 2.24 bits per heavy atom. The van der Waals surface area contributed by atoms with Crippen molar-refractivity contribution in [2.75, 3.05) is 47.5 Å². The number of rotatable bonds is 23. The van der Waals surface area contributed by atoms with Crippen LogP contribution in [0.15, 0.2) is 88.4 Å². The monoisotopic (exact) mass is 1120 g/mol. The van der Waals surface area contributed by atoms with Crippen molar-refractivity contribution >= 4 is 87.2 Å². The molecule has 5 amide bonds. The summed E-state index contributed by atoms with van der Waals surface area (Å²) < 4.78 is 5.93. The summed E-state index contributed by atoms with van der Waals surface area (Å²) in [5, 5.41) is 23.1. The Bertz CT molecular complexity index is 2870. The second-order valence-electron chi connectivity index (χ2n) is 21.6. The van der Waals surface area contributed by atoms with Crippen molar-refractivity contribution in [1.82, 2.24) is 30.5 Å². The molecule has 2 saturated heterocycles. The lowest BCUT2D eigenvalue weighted by molar-refractivity contribution is -0.144. The van der Waals surface area contributed by atoms with Gasteiger partial charge in [0.05, 0.1) is 51.7 Å². The molecule has 3 aromatic carbocycles. The highest BCUT2D eigenvalue weighted by molar-refractivity contribution is 7.99. The Balaban J connectivity index is 0.759. The number of likely N-dealkylation sites (tertiary alicyclic amines) is 1. The number of piperidine rings is 1. The maximum absolute atomic E-state index is 14.1. The highest BCUT2D eigenvalue weighted by atomic mass is 35.5. The first kappa shape index (κ1) is 59.3. The molecule has 0 bridgehead atoms. The molecule has 9 N–H and O–H groups in total. The number of amides is 5. The average Bonchev–Trinajstić information content (AvgIpc) is 4.05. The number of aliphatic hydroxyl groups is 1. The van der Waals surface area contributed by atoms with E-state index in [-0.39, 0.29) is 73.3 Å². The molecule has 418 valence electrons. The van der Waals surface area contributed by atoms with E-state index in [2.05, 4.69) is 48.0 Å². The van der Waals surface area contributed by atoms with Crippen LogP contribution in [0, 0.1) is 12.3 Å². The number of nitrogens with zero attached hydrogens (tertiary/aromatic N) is 5. The Labute approximate surface area is 470 Å². The molecule has 0 radical (unpaired) electrons. The molecule has 0 aliphatic carbocycles. The minimum absolute atomic E-state index is 0.00387. The predicted molar refractivity (Wildman–Crippen MR) is 309 cm³/mol. The summed E-state index contributed by atoms with van der Waals surface area (Å²) in [4.78, 5) is 85.4. The molecule has 7 rings (SSSR count). The number of thiazole rings is 1. The SMILES string of the molecule is Cc1ncsc1-c1ccc(C(C)NC(=O)C2CC(O)CN2C(=O)C(NC(=O)CCCCCCCOc2ccc(NC(=O)CCC(=O)Nc3cccc(Sc4ncc(N5CCC(C)(N)CC5)nc4N)c3Cl)cc2)C(C)(C)C)cc1. The van der Waals surface area contributed by atoms with Crippen LogP contribution in [0.3, 0.4) is 0 Å². The minimum Gasteiger partial charge on any atom is -0.494 e. The van der Waals surface area contributed by atoms with Gasteiger partial charge in [-0.15, -0.1) is 11.3 Å². The fraction of sp³-hybridized carbons (Fsp3) is 0.474. The number of unbranched alkanes of at least 4 members (excludes halogenated alkanes) is 4. The van der Waals surface area contributed by atoms with Crippen LogP contribution in [0.5, 0.6) is 5.75 Å². The van der Waals surface area contributed by atoms with Crippen LogP contribution in [0.2, 0.25) is 5.02 Å². The van der Waals surface area contributed by atoms with E-state index in [0.717, 1.165) is 73.3 Å². The van der Waals surface area contributed by atoms with E-state index in [1.165, 1.54) is 16.7 Å². The number of nitrogens with two attached hydrogens (primary N) is 2. The summed E-state index contributed by atoms with van der Waals surface area (Å²) in [6.07, 6.45) is 6.84. The lowest BCUT2D eigenvalue weighted by Gasteiger charge is -2.37. The highest BCUT2D eigenvalue weighted by Crippen LogP contribution is 2.39. The van der Waals surface area contributed by atoms with Gasteiger partial charge < -0.3 is 52.4 Å². The molecule has 18 nitrogen and oxygen atoms in total. The molecule has 78 heavy (non-hydrogen) atoms. The van der Waals surface area contributed by atoms with Gasteiger partial charge in [0.25, 0.3) is 0 Å². The van der Waals surface area contributed by atoms with Crippen molar-refractivity contribution in [3.05, 3.63) is 94.7 Å². The normalized spacial score (nSPS) is 17.0. The van der Waals surface area contributed by atoms with Gasteiger partial charge in [0.1, 0.15) is 28.7 Å². The minimum atomic E-state index is -0.892. The van der Waals surface area contributed by atoms with Crippen LogP contribution in [0.25, 0.3) is 10.4 Å². The quantitative estimate of drug-likeness (QED) is 0.0301. The first-order chi connectivity index (χ1) is 37.1. The van der Waals surface area contributed by atoms with Crippen molar-refractivity contribution in [3.63, 3.8) is 0 Å². The van der Waals surface area contributed by atoms with Gasteiger partial charge in [0, 0.05) is 61.4 Å². The molecule has 21 heteroatoms. The lowest BCUT2D eigenvalue weighted by Crippen LogP contribution is -2.57. The first-order valence-corrected chi connectivity index (χ1v) is 28.8. The van der Waals surface area contributed by atoms with Gasteiger partial charge in [-0.05, 0) is 99.4 Å². The molecule has 2 aromatic heterocycles. The number of nitrogens with one attached hydrogen (secondary N) is 4. The van der Waals surface area contributed by atoms with Crippen molar-refractivity contribution in [3.8, 4) is 16.2 Å². The first-order valence-electron chi connectivity index (χ1n) is 26.7. The summed E-state index contributed by atoms with van der Waals surface area (Å²) in [6, 6.07) is 18.1. The maximum atomic E-state index is 14.1. The fourth-order valence-electron chi connectivity index (χ4n) is 9.30. The number of aliphatic hydroxyl groups excluding tert-OH is 1. The molecule has 2 aliphatic rings. The average molecular weight is 1120 g/mol. The number of hydrogen-bond donors (Lipinski definition) is 7. The molecule has 4 atom stereocenters. The number of hydrogen-bond acceptors (Lipinski definition) is 15. The number of anilines is 4. The number of halogens is 1. The van der Waals surface area contributed by atoms with Crippen molar-refractivity contribution in [2.45, 2.75) is 152 Å². The van der Waals surface area contributed by atoms with Crippen LogP contribution >= 0.6 is 34.7 Å². The number of benzene rings is 3. The van der Waals surface area contributed by atoms with Crippen LogP contribution in [-0.4, -0.2) is 104 Å². The van der Waals surface area contributed by atoms with Crippen molar-refractivity contribution < 1.29 is 33.8 Å². The third-order valence-electron chi connectivity index (χ3n) is 14.0. The number of carbonyl (C=O) groups is 5. The summed E-state index contributed by atoms with van der Waals surface area (Å²) in [5.74, 6) is -0.0490. The Hall–Kier alpha value is -6.32. The number of carbonyl (C=O) groups excluding carboxylic acids is 5. The van der Waals surface area contributed by atoms with E-state index in [1.807, 2.05) is 64.4 Å². The van der Waals surface area contributed by atoms with E-state index < -0.39 is 29.5 Å². The van der Waals surface area contributed by atoms with E-state index in [1.54, 1.807) is 60.0 Å². The van der Waals surface area contributed by atoms with Gasteiger partial charge in [0.2, 0.25) is 29.5 Å². The summed E-state index contributed by atoms with van der Waals surface area (Å²) in [6.45, 7) is 13.6. The molecule has 5 aromatic rings. The number of aryl methyl sites for hydroxylation is 1. The van der Waals surface area contributed by atoms with E-state index >= 15 is 0 Å². The number of aromatic nitrogens is 3. The Kier molecular flexibility index (Phi) is 20.6. The third kappa shape index (κ3) is 16.6. The third-order valence-corrected chi connectivity index (χ3v) is 16.6. The summed E-state index contributed by atoms with van der Waals surface area (Å²) in [7, 11) is 0.